The van der Waals surface area contributed by atoms with Crippen LogP contribution in [-0.2, 0) is 0 Å². The summed E-state index contributed by atoms with van der Waals surface area (Å²) in [6.45, 7) is 2.16. The Hall–Kier alpha value is -1.53. The fourth-order valence-corrected chi connectivity index (χ4v) is 1.20. The van der Waals surface area contributed by atoms with Gasteiger partial charge in [0.05, 0.1) is 5.56 Å². The predicted molar refractivity (Wildman–Crippen MR) is 52.1 cm³/mol. The van der Waals surface area contributed by atoms with Gasteiger partial charge in [0.1, 0.15) is 12.1 Å². The van der Waals surface area contributed by atoms with Gasteiger partial charge in [0.15, 0.2) is 6.61 Å². The van der Waals surface area contributed by atoms with Crippen molar-refractivity contribution < 1.29 is 17.9 Å². The maximum Gasteiger partial charge on any atom is 0.422 e. The normalized spacial score (nSPS) is 11.9. The van der Waals surface area contributed by atoms with Gasteiger partial charge >= 0.3 is 6.18 Å². The molecule has 0 spiro atoms. The molecule has 1 heterocycles. The van der Waals surface area contributed by atoms with Crippen LogP contribution in [0.2, 0.25) is 0 Å². The van der Waals surface area contributed by atoms with E-state index in [-0.39, 0.29) is 17.6 Å². The Kier molecular flexibility index (Phi) is 3.56. The Labute approximate surface area is 90.6 Å². The van der Waals surface area contributed by atoms with E-state index in [2.05, 4.69) is 14.7 Å². The van der Waals surface area contributed by atoms with Crippen molar-refractivity contribution in [3.05, 3.63) is 11.9 Å². The van der Waals surface area contributed by atoms with Crippen LogP contribution >= 0.6 is 0 Å². The van der Waals surface area contributed by atoms with Gasteiger partial charge in [-0.1, -0.05) is 13.8 Å². The molecule has 1 aromatic heterocycles. The quantitative estimate of drug-likeness (QED) is 0.871. The molecular weight excluding hydrogens is 223 g/mol. The number of alkyl halides is 3. The van der Waals surface area contributed by atoms with Crippen LogP contribution in [0.1, 0.15) is 25.3 Å². The molecule has 0 fully saturated rings. The van der Waals surface area contributed by atoms with Crippen LogP contribution in [0.25, 0.3) is 0 Å². The highest BCUT2D eigenvalue weighted by Gasteiger charge is 2.29. The number of hydrogen-bond acceptors (Lipinski definition) is 4. The third kappa shape index (κ3) is 3.25. The number of aromatic nitrogens is 2. The molecule has 90 valence electrons. The van der Waals surface area contributed by atoms with E-state index in [0.717, 1.165) is 6.33 Å². The Balaban J connectivity index is 2.91. The standard InChI is InChI=1S/C9H12F3N3O/c1-5(2)6-7(13)14-4-15-8(6)16-3-9(10,11)12/h4-5H,3H2,1-2H3,(H2,13,14,15). The molecular formula is C9H12F3N3O. The Bertz CT molecular complexity index is 366. The van der Waals surface area contributed by atoms with Gasteiger partial charge in [-0.05, 0) is 5.92 Å². The minimum Gasteiger partial charge on any atom is -0.468 e. The van der Waals surface area contributed by atoms with Crippen LogP contribution in [-0.4, -0.2) is 22.8 Å². The van der Waals surface area contributed by atoms with Crippen molar-refractivity contribution in [1.29, 1.82) is 0 Å². The first-order valence-corrected chi connectivity index (χ1v) is 4.61. The van der Waals surface area contributed by atoms with Crippen molar-refractivity contribution in [3.8, 4) is 5.88 Å². The smallest absolute Gasteiger partial charge is 0.422 e. The van der Waals surface area contributed by atoms with Crippen LogP contribution in [0.15, 0.2) is 6.33 Å². The zero-order valence-corrected chi connectivity index (χ0v) is 8.88. The molecule has 0 aromatic carbocycles. The maximum atomic E-state index is 12.0. The summed E-state index contributed by atoms with van der Waals surface area (Å²) in [5, 5.41) is 0. The number of anilines is 1. The van der Waals surface area contributed by atoms with E-state index in [1.807, 2.05) is 0 Å². The summed E-state index contributed by atoms with van der Waals surface area (Å²) >= 11 is 0. The lowest BCUT2D eigenvalue weighted by Crippen LogP contribution is -2.20. The fourth-order valence-electron chi connectivity index (χ4n) is 1.20. The second kappa shape index (κ2) is 4.54. The zero-order valence-electron chi connectivity index (χ0n) is 8.88. The number of hydrogen-bond donors (Lipinski definition) is 1. The molecule has 0 atom stereocenters. The minimum absolute atomic E-state index is 0.107. The molecule has 16 heavy (non-hydrogen) atoms. The summed E-state index contributed by atoms with van der Waals surface area (Å²) in [6, 6.07) is 0. The van der Waals surface area contributed by atoms with Gasteiger partial charge < -0.3 is 10.5 Å². The number of halogens is 3. The van der Waals surface area contributed by atoms with Crippen LogP contribution in [0.5, 0.6) is 5.88 Å². The zero-order chi connectivity index (χ0) is 12.3. The molecule has 0 radical (unpaired) electrons. The van der Waals surface area contributed by atoms with Gasteiger partial charge in [0, 0.05) is 0 Å². The summed E-state index contributed by atoms with van der Waals surface area (Å²) in [7, 11) is 0. The molecule has 1 aromatic rings. The second-order valence-corrected chi connectivity index (χ2v) is 3.54. The minimum atomic E-state index is -4.39. The van der Waals surface area contributed by atoms with Crippen molar-refractivity contribution in [2.45, 2.75) is 25.9 Å². The van der Waals surface area contributed by atoms with Gasteiger partial charge in [-0.25, -0.2) is 9.97 Å². The van der Waals surface area contributed by atoms with Crippen LogP contribution in [0.4, 0.5) is 19.0 Å². The molecule has 0 unspecified atom stereocenters. The SMILES string of the molecule is CC(C)c1c(N)ncnc1OCC(F)(F)F. The van der Waals surface area contributed by atoms with E-state index in [1.54, 1.807) is 13.8 Å². The average molecular weight is 235 g/mol. The number of rotatable bonds is 3. The molecule has 0 amide bonds. The molecule has 0 aliphatic heterocycles. The number of nitrogen functional groups attached to an aromatic ring is 1. The van der Waals surface area contributed by atoms with Gasteiger partial charge in [0.25, 0.3) is 0 Å². The van der Waals surface area contributed by atoms with Gasteiger partial charge in [-0.15, -0.1) is 0 Å². The van der Waals surface area contributed by atoms with Crippen molar-refractivity contribution >= 4 is 5.82 Å². The molecule has 1 rings (SSSR count). The lowest BCUT2D eigenvalue weighted by molar-refractivity contribution is -0.154. The van der Waals surface area contributed by atoms with Crippen molar-refractivity contribution in [2.75, 3.05) is 12.3 Å². The Morgan fingerprint density at radius 2 is 2.00 bits per heavy atom. The van der Waals surface area contributed by atoms with E-state index < -0.39 is 12.8 Å². The lowest BCUT2D eigenvalue weighted by Gasteiger charge is -2.14. The average Bonchev–Trinajstić information content (AvgIpc) is 2.12. The topological polar surface area (TPSA) is 61.0 Å². The van der Waals surface area contributed by atoms with Crippen molar-refractivity contribution in [3.63, 3.8) is 0 Å². The summed E-state index contributed by atoms with van der Waals surface area (Å²) in [6.07, 6.45) is -3.32. The van der Waals surface area contributed by atoms with E-state index in [1.165, 1.54) is 0 Å². The van der Waals surface area contributed by atoms with Gasteiger partial charge in [-0.2, -0.15) is 13.2 Å². The van der Waals surface area contributed by atoms with E-state index in [4.69, 9.17) is 5.73 Å². The molecule has 0 saturated carbocycles. The van der Waals surface area contributed by atoms with Crippen LogP contribution in [0.3, 0.4) is 0 Å². The second-order valence-electron chi connectivity index (χ2n) is 3.54. The summed E-state index contributed by atoms with van der Waals surface area (Å²) < 4.78 is 40.5. The van der Waals surface area contributed by atoms with E-state index in [0.29, 0.717) is 5.56 Å². The molecule has 2 N–H and O–H groups in total. The Morgan fingerprint density at radius 1 is 1.38 bits per heavy atom. The van der Waals surface area contributed by atoms with Crippen molar-refractivity contribution in [2.24, 2.45) is 0 Å². The molecule has 0 aliphatic rings. The first kappa shape index (κ1) is 12.5. The van der Waals surface area contributed by atoms with Crippen molar-refractivity contribution in [1.82, 2.24) is 9.97 Å². The summed E-state index contributed by atoms with van der Waals surface area (Å²) in [5.41, 5.74) is 5.94. The van der Waals surface area contributed by atoms with Crippen LogP contribution in [0, 0.1) is 0 Å². The monoisotopic (exact) mass is 235 g/mol. The highest BCUT2D eigenvalue weighted by molar-refractivity contribution is 5.46. The molecule has 0 aliphatic carbocycles. The molecule has 4 nitrogen and oxygen atoms in total. The number of nitrogens with two attached hydrogens (primary N) is 1. The first-order chi connectivity index (χ1) is 7.31. The molecule has 0 bridgehead atoms. The number of ether oxygens (including phenoxy) is 1. The third-order valence-electron chi connectivity index (χ3n) is 1.83. The maximum absolute atomic E-state index is 12.0. The number of nitrogens with zero attached hydrogens (tertiary/aromatic N) is 2. The van der Waals surface area contributed by atoms with Gasteiger partial charge in [0.2, 0.25) is 5.88 Å². The molecule has 0 saturated heterocycles. The van der Waals surface area contributed by atoms with E-state index in [9.17, 15) is 13.2 Å². The summed E-state index contributed by atoms with van der Waals surface area (Å²) in [5.74, 6) is -0.0774. The molecule has 7 heteroatoms. The third-order valence-corrected chi connectivity index (χ3v) is 1.83. The highest BCUT2D eigenvalue weighted by atomic mass is 19.4. The largest absolute Gasteiger partial charge is 0.468 e. The predicted octanol–water partition coefficient (Wildman–Crippen LogP) is 2.12. The highest BCUT2D eigenvalue weighted by Crippen LogP contribution is 2.29. The van der Waals surface area contributed by atoms with Crippen LogP contribution < -0.4 is 10.5 Å². The van der Waals surface area contributed by atoms with E-state index >= 15 is 0 Å². The fraction of sp³-hybridized carbons (Fsp3) is 0.556. The Morgan fingerprint density at radius 3 is 2.50 bits per heavy atom. The van der Waals surface area contributed by atoms with Gasteiger partial charge in [-0.3, -0.25) is 0 Å². The first-order valence-electron chi connectivity index (χ1n) is 4.61. The summed E-state index contributed by atoms with van der Waals surface area (Å²) in [4.78, 5) is 7.36. The lowest BCUT2D eigenvalue weighted by atomic mass is 10.1.